The van der Waals surface area contributed by atoms with Gasteiger partial charge in [0.05, 0.1) is 0 Å². The van der Waals surface area contributed by atoms with Crippen molar-refractivity contribution in [3.63, 3.8) is 0 Å². The molecule has 0 aromatic rings. The number of alkyl carbamates (subject to hydrolysis) is 1. The molecule has 6 heteroatoms. The predicted octanol–water partition coefficient (Wildman–Crippen LogP) is -0.344. The summed E-state index contributed by atoms with van der Waals surface area (Å²) in [6, 6.07) is -0.919. The van der Waals surface area contributed by atoms with Gasteiger partial charge in [0.25, 0.3) is 0 Å². The van der Waals surface area contributed by atoms with Crippen molar-refractivity contribution >= 4 is 12.1 Å². The van der Waals surface area contributed by atoms with Crippen LogP contribution in [0.15, 0.2) is 12.7 Å². The first kappa shape index (κ1) is 19.3. The van der Waals surface area contributed by atoms with Crippen LogP contribution in [0.3, 0.4) is 0 Å². The predicted molar refractivity (Wildman–Crippen MR) is 81.6 cm³/mol. The number of rotatable bonds is 10. The molecule has 3 atom stereocenters. The van der Waals surface area contributed by atoms with Crippen molar-refractivity contribution in [2.75, 3.05) is 8.86 Å². The molecule has 1 fully saturated rings. The first-order valence-corrected chi connectivity index (χ1v) is 10.7. The van der Waals surface area contributed by atoms with Gasteiger partial charge in [-0.15, -0.1) is 0 Å². The van der Waals surface area contributed by atoms with Crippen molar-refractivity contribution in [1.29, 1.82) is 0 Å². The van der Waals surface area contributed by atoms with Crippen LogP contribution >= 0.6 is 0 Å². The van der Waals surface area contributed by atoms with E-state index < -0.39 is 23.5 Å². The summed E-state index contributed by atoms with van der Waals surface area (Å²) in [5, 5.41) is 12.0. The number of hydrogen-bond donors (Lipinski definition) is 2. The monoisotopic (exact) mass is 424 g/mol. The quantitative estimate of drug-likeness (QED) is 0.218. The fourth-order valence-corrected chi connectivity index (χ4v) is 4.83. The molecule has 1 saturated carbocycles. The topological polar surface area (TPSA) is 75.6 Å². The van der Waals surface area contributed by atoms with Crippen LogP contribution < -0.4 is 26.5 Å². The molecule has 0 aliphatic heterocycles. The molecule has 128 valence electrons. The van der Waals surface area contributed by atoms with Gasteiger partial charge in [-0.3, -0.25) is 0 Å². The molecule has 0 heterocycles. The zero-order valence-corrected chi connectivity index (χ0v) is 15.8. The molecule has 1 amide bonds. The molecule has 0 aromatic carbocycles. The molecule has 0 saturated heterocycles. The Labute approximate surface area is 143 Å². The molecule has 5 nitrogen and oxygen atoms in total. The van der Waals surface area contributed by atoms with E-state index in [0.29, 0.717) is 5.92 Å². The van der Waals surface area contributed by atoms with Crippen molar-refractivity contribution in [3.05, 3.63) is 12.7 Å². The Morgan fingerprint density at radius 1 is 1.55 bits per heavy atom. The van der Waals surface area contributed by atoms with Crippen molar-refractivity contribution in [3.8, 4) is 0 Å². The average molecular weight is 424 g/mol. The number of alkyl halides is 2. The van der Waals surface area contributed by atoms with Crippen LogP contribution in [0.25, 0.3) is 0 Å². The van der Waals surface area contributed by atoms with Crippen LogP contribution in [-0.2, 0) is 9.53 Å². The van der Waals surface area contributed by atoms with Crippen LogP contribution in [0.5, 0.6) is 0 Å². The second-order valence-electron chi connectivity index (χ2n) is 6.26. The van der Waals surface area contributed by atoms with Gasteiger partial charge >= 0.3 is 143 Å². The summed E-state index contributed by atoms with van der Waals surface area (Å²) < 4.78 is 7.53. The maximum absolute atomic E-state index is 11.9. The summed E-state index contributed by atoms with van der Waals surface area (Å²) in [5.41, 5.74) is -0.482. The van der Waals surface area contributed by atoms with Crippen LogP contribution in [0.1, 0.15) is 40.0 Å². The Kier molecular flexibility index (Phi) is 7.65. The van der Waals surface area contributed by atoms with E-state index in [9.17, 15) is 14.7 Å². The molecule has 1 aliphatic carbocycles. The standard InChI is InChI=1S/C16H27INO4/c1-5-7-11-10-12(11)22-15(21)18-13(14(19)20)16(3,4)8-9-17-6-2/h5,11-13H,1,6-10H2,2-4H3,(H,18,21)(H,19,20)/q-1/t11-,12-,13-/m1/s1. The molecule has 0 aromatic heterocycles. The number of aliphatic carboxylic acids is 1. The van der Waals surface area contributed by atoms with Crippen LogP contribution in [-0.4, -0.2) is 38.2 Å². The number of carbonyl (C=O) groups is 2. The Bertz CT molecular complexity index is 411. The average Bonchev–Trinajstić information content (AvgIpc) is 3.14. The number of carboxylic acid groups (broad SMARTS) is 1. The normalized spacial score (nSPS) is 22.0. The van der Waals surface area contributed by atoms with Gasteiger partial charge in [0.1, 0.15) is 0 Å². The third kappa shape index (κ3) is 6.14. The zero-order valence-electron chi connectivity index (χ0n) is 13.6. The first-order chi connectivity index (χ1) is 10.3. The van der Waals surface area contributed by atoms with E-state index in [0.717, 1.165) is 23.7 Å². The molecule has 0 radical (unpaired) electrons. The van der Waals surface area contributed by atoms with Crippen LogP contribution in [0.2, 0.25) is 0 Å². The molecule has 2 N–H and O–H groups in total. The number of carboxylic acids is 1. The van der Waals surface area contributed by atoms with Crippen molar-refractivity contribution in [1.82, 2.24) is 5.32 Å². The summed E-state index contributed by atoms with van der Waals surface area (Å²) >= 11 is 0.134. The number of hydrogen-bond acceptors (Lipinski definition) is 3. The van der Waals surface area contributed by atoms with Gasteiger partial charge in [0.15, 0.2) is 0 Å². The van der Waals surface area contributed by atoms with Gasteiger partial charge in [-0.2, -0.15) is 0 Å². The Balaban J connectivity index is 2.51. The van der Waals surface area contributed by atoms with Gasteiger partial charge in [0.2, 0.25) is 0 Å². The second kappa shape index (κ2) is 8.74. The number of halogens is 1. The summed E-state index contributed by atoms with van der Waals surface area (Å²) in [7, 11) is 0. The Hall–Kier alpha value is -0.790. The van der Waals surface area contributed by atoms with Gasteiger partial charge in [-0.05, 0) is 0 Å². The van der Waals surface area contributed by atoms with E-state index in [1.807, 2.05) is 19.9 Å². The van der Waals surface area contributed by atoms with Gasteiger partial charge in [0, 0.05) is 0 Å². The van der Waals surface area contributed by atoms with Crippen molar-refractivity contribution in [2.24, 2.45) is 11.3 Å². The molecular weight excluding hydrogens is 397 g/mol. The molecule has 1 aliphatic rings. The summed E-state index contributed by atoms with van der Waals surface area (Å²) in [5.74, 6) is -0.663. The Morgan fingerprint density at radius 2 is 2.23 bits per heavy atom. The molecular formula is C16H27INO4-. The number of ether oxygens (including phenoxy) is 1. The molecule has 22 heavy (non-hydrogen) atoms. The van der Waals surface area contributed by atoms with Gasteiger partial charge < -0.3 is 0 Å². The molecule has 0 unspecified atom stereocenters. The number of carbonyl (C=O) groups excluding carboxylic acids is 1. The fraction of sp³-hybridized carbons (Fsp3) is 0.750. The number of allylic oxidation sites excluding steroid dienone is 1. The Morgan fingerprint density at radius 3 is 2.77 bits per heavy atom. The van der Waals surface area contributed by atoms with E-state index >= 15 is 0 Å². The summed E-state index contributed by atoms with van der Waals surface area (Å²) in [6.45, 7) is 9.60. The van der Waals surface area contributed by atoms with Crippen molar-refractivity contribution in [2.45, 2.75) is 52.2 Å². The van der Waals surface area contributed by atoms with E-state index in [2.05, 4.69) is 18.8 Å². The van der Waals surface area contributed by atoms with Gasteiger partial charge in [-0.1, -0.05) is 0 Å². The maximum atomic E-state index is 11.9. The summed E-state index contributed by atoms with van der Waals surface area (Å²) in [6.07, 6.45) is 3.55. The molecule has 0 bridgehead atoms. The fourth-order valence-electron chi connectivity index (χ4n) is 2.30. The zero-order chi connectivity index (χ0) is 16.8. The van der Waals surface area contributed by atoms with Crippen molar-refractivity contribution < 1.29 is 40.6 Å². The van der Waals surface area contributed by atoms with Gasteiger partial charge in [-0.25, -0.2) is 0 Å². The molecule has 0 spiro atoms. The minimum absolute atomic E-state index is 0.0958. The number of nitrogens with one attached hydrogen (secondary N) is 1. The van der Waals surface area contributed by atoms with Crippen LogP contribution in [0, 0.1) is 11.3 Å². The minimum atomic E-state index is -1.00. The second-order valence-corrected chi connectivity index (χ2v) is 9.95. The van der Waals surface area contributed by atoms with E-state index in [4.69, 9.17) is 4.74 Å². The third-order valence-corrected chi connectivity index (χ3v) is 6.32. The van der Waals surface area contributed by atoms with E-state index in [1.54, 1.807) is 0 Å². The molecule has 1 rings (SSSR count). The van der Waals surface area contributed by atoms with E-state index in [1.165, 1.54) is 4.43 Å². The third-order valence-electron chi connectivity index (χ3n) is 3.94. The van der Waals surface area contributed by atoms with Crippen LogP contribution in [0.4, 0.5) is 4.79 Å². The first-order valence-electron chi connectivity index (χ1n) is 7.66. The summed E-state index contributed by atoms with van der Waals surface area (Å²) in [4.78, 5) is 23.4. The van der Waals surface area contributed by atoms with E-state index in [-0.39, 0.29) is 27.3 Å². The number of amides is 1. The SMILES string of the molecule is C=CC[C@@H]1C[C@H]1OC(=O)N[C@H](C(=O)O)C(C)(C)CC[I-]CC.